The molecule has 0 radical (unpaired) electrons. The number of aryl methyl sites for hydroxylation is 1. The highest BCUT2D eigenvalue weighted by molar-refractivity contribution is 7.89. The number of hydrogen-bond donors (Lipinski definition) is 1. The molecule has 0 unspecified atom stereocenters. The molecular formula is C22H28N2O5S. The van der Waals surface area contributed by atoms with Crippen molar-refractivity contribution in [3.63, 3.8) is 0 Å². The molecule has 162 valence electrons. The lowest BCUT2D eigenvalue weighted by molar-refractivity contribution is -0.116. The van der Waals surface area contributed by atoms with Crippen LogP contribution in [0.25, 0.3) is 0 Å². The second-order valence-electron chi connectivity index (χ2n) is 7.08. The van der Waals surface area contributed by atoms with Crippen molar-refractivity contribution in [3.05, 3.63) is 54.1 Å². The highest BCUT2D eigenvalue weighted by atomic mass is 32.2. The van der Waals surface area contributed by atoms with Crippen LogP contribution in [0.15, 0.2) is 53.4 Å². The molecule has 1 fully saturated rings. The summed E-state index contributed by atoms with van der Waals surface area (Å²) in [5.41, 5.74) is 1.60. The van der Waals surface area contributed by atoms with E-state index in [9.17, 15) is 13.2 Å². The summed E-state index contributed by atoms with van der Waals surface area (Å²) in [4.78, 5) is 12.5. The predicted octanol–water partition coefficient (Wildman–Crippen LogP) is 3.07. The zero-order chi connectivity index (χ0) is 21.4. The number of carbonyl (C=O) groups is 1. The maximum absolute atomic E-state index is 12.7. The molecule has 1 heterocycles. The van der Waals surface area contributed by atoms with Crippen LogP contribution in [0, 0.1) is 0 Å². The van der Waals surface area contributed by atoms with Crippen molar-refractivity contribution in [2.75, 3.05) is 38.2 Å². The summed E-state index contributed by atoms with van der Waals surface area (Å²) < 4.78 is 37.6. The summed E-state index contributed by atoms with van der Waals surface area (Å²) in [6.07, 6.45) is 1.74. The molecule has 0 bridgehead atoms. The Labute approximate surface area is 178 Å². The van der Waals surface area contributed by atoms with E-state index in [0.29, 0.717) is 51.4 Å². The number of nitrogens with zero attached hydrogens (tertiary/aromatic N) is 1. The van der Waals surface area contributed by atoms with Gasteiger partial charge >= 0.3 is 0 Å². The van der Waals surface area contributed by atoms with Crippen LogP contribution < -0.4 is 10.1 Å². The number of sulfonamides is 1. The molecule has 30 heavy (non-hydrogen) atoms. The van der Waals surface area contributed by atoms with Crippen LogP contribution in [0.4, 0.5) is 5.69 Å². The normalized spacial score (nSPS) is 15.0. The van der Waals surface area contributed by atoms with Crippen LogP contribution in [0.3, 0.4) is 0 Å². The van der Waals surface area contributed by atoms with Gasteiger partial charge < -0.3 is 14.8 Å². The number of benzene rings is 2. The fraction of sp³-hybridized carbons (Fsp3) is 0.409. The van der Waals surface area contributed by atoms with Crippen LogP contribution in [0.5, 0.6) is 5.75 Å². The van der Waals surface area contributed by atoms with Gasteiger partial charge in [0.25, 0.3) is 0 Å². The van der Waals surface area contributed by atoms with Crippen LogP contribution in [0.1, 0.15) is 25.3 Å². The molecule has 3 rings (SSSR count). The molecule has 7 nitrogen and oxygen atoms in total. The number of ether oxygens (including phenoxy) is 2. The standard InChI is InChI=1S/C22H28N2O5S/c1-2-14-29-20-5-3-4-19(17-20)23-22(25)11-8-18-6-9-21(10-7-18)30(26,27)24-12-15-28-16-13-24/h3-7,9-10,17H,2,8,11-16H2,1H3,(H,23,25). The molecule has 1 saturated heterocycles. The van der Waals surface area contributed by atoms with E-state index in [1.807, 2.05) is 25.1 Å². The Morgan fingerprint density at radius 1 is 1.13 bits per heavy atom. The van der Waals surface area contributed by atoms with E-state index in [2.05, 4.69) is 5.32 Å². The first-order chi connectivity index (χ1) is 14.5. The second-order valence-corrected chi connectivity index (χ2v) is 9.02. The van der Waals surface area contributed by atoms with Gasteiger partial charge in [0.2, 0.25) is 15.9 Å². The third kappa shape index (κ3) is 6.04. The Morgan fingerprint density at radius 3 is 2.57 bits per heavy atom. The van der Waals surface area contributed by atoms with E-state index in [4.69, 9.17) is 9.47 Å². The maximum atomic E-state index is 12.7. The van der Waals surface area contributed by atoms with Crippen molar-refractivity contribution in [1.82, 2.24) is 4.31 Å². The average Bonchev–Trinajstić information content (AvgIpc) is 2.77. The number of amides is 1. The Hall–Kier alpha value is -2.42. The van der Waals surface area contributed by atoms with Crippen molar-refractivity contribution in [1.29, 1.82) is 0 Å². The minimum Gasteiger partial charge on any atom is -0.494 e. The van der Waals surface area contributed by atoms with E-state index < -0.39 is 10.0 Å². The molecule has 8 heteroatoms. The Balaban J connectivity index is 1.53. The van der Waals surface area contributed by atoms with E-state index >= 15 is 0 Å². The largest absolute Gasteiger partial charge is 0.494 e. The molecule has 0 aromatic heterocycles. The summed E-state index contributed by atoms with van der Waals surface area (Å²) >= 11 is 0. The van der Waals surface area contributed by atoms with Crippen molar-refractivity contribution >= 4 is 21.6 Å². The molecular weight excluding hydrogens is 404 g/mol. The Bertz CT molecular complexity index is 938. The number of morpholine rings is 1. The van der Waals surface area contributed by atoms with Crippen molar-refractivity contribution in [2.24, 2.45) is 0 Å². The molecule has 0 spiro atoms. The van der Waals surface area contributed by atoms with Gasteiger partial charge in [0.15, 0.2) is 0 Å². The monoisotopic (exact) mass is 432 g/mol. The highest BCUT2D eigenvalue weighted by Crippen LogP contribution is 2.20. The number of nitrogens with one attached hydrogen (secondary N) is 1. The Morgan fingerprint density at radius 2 is 1.87 bits per heavy atom. The predicted molar refractivity (Wildman–Crippen MR) is 115 cm³/mol. The molecule has 2 aromatic carbocycles. The molecule has 0 saturated carbocycles. The smallest absolute Gasteiger partial charge is 0.243 e. The molecule has 0 aliphatic carbocycles. The van der Waals surface area contributed by atoms with Crippen LogP contribution in [0.2, 0.25) is 0 Å². The minimum absolute atomic E-state index is 0.104. The summed E-state index contributed by atoms with van der Waals surface area (Å²) in [6.45, 7) is 4.24. The summed E-state index contributed by atoms with van der Waals surface area (Å²) in [5, 5.41) is 2.87. The van der Waals surface area contributed by atoms with Gasteiger partial charge in [-0.05, 0) is 42.7 Å². The van der Waals surface area contributed by atoms with Gasteiger partial charge in [-0.1, -0.05) is 25.1 Å². The molecule has 1 amide bonds. The zero-order valence-corrected chi connectivity index (χ0v) is 18.0. The van der Waals surface area contributed by atoms with Gasteiger partial charge in [0.05, 0.1) is 24.7 Å². The summed E-state index contributed by atoms with van der Waals surface area (Å²) in [7, 11) is -3.50. The molecule has 1 aliphatic heterocycles. The molecule has 1 aliphatic rings. The SMILES string of the molecule is CCCOc1cccc(NC(=O)CCc2ccc(S(=O)(=O)N3CCOCC3)cc2)c1. The van der Waals surface area contributed by atoms with E-state index in [-0.39, 0.29) is 10.8 Å². The first-order valence-electron chi connectivity index (χ1n) is 10.2. The first kappa shape index (κ1) is 22.3. The first-order valence-corrected chi connectivity index (χ1v) is 11.6. The summed E-state index contributed by atoms with van der Waals surface area (Å²) in [5.74, 6) is 0.624. The minimum atomic E-state index is -3.50. The number of rotatable bonds is 9. The van der Waals surface area contributed by atoms with E-state index in [1.54, 1.807) is 30.3 Å². The Kier molecular flexibility index (Phi) is 7.84. The van der Waals surface area contributed by atoms with Crippen molar-refractivity contribution in [3.8, 4) is 5.75 Å². The molecule has 1 N–H and O–H groups in total. The lowest BCUT2D eigenvalue weighted by atomic mass is 10.1. The molecule has 0 atom stereocenters. The third-order valence-corrected chi connectivity index (χ3v) is 6.68. The van der Waals surface area contributed by atoms with Gasteiger partial charge in [-0.25, -0.2) is 8.42 Å². The fourth-order valence-electron chi connectivity index (χ4n) is 3.13. The quantitative estimate of drug-likeness (QED) is 0.658. The van der Waals surface area contributed by atoms with Gasteiger partial charge in [0, 0.05) is 31.3 Å². The molecule has 2 aromatic rings. The maximum Gasteiger partial charge on any atom is 0.243 e. The van der Waals surface area contributed by atoms with Gasteiger partial charge in [-0.15, -0.1) is 0 Å². The van der Waals surface area contributed by atoms with E-state index in [1.165, 1.54) is 4.31 Å². The average molecular weight is 433 g/mol. The third-order valence-electron chi connectivity index (χ3n) is 4.76. The number of anilines is 1. The van der Waals surface area contributed by atoms with Crippen LogP contribution >= 0.6 is 0 Å². The lowest BCUT2D eigenvalue weighted by Gasteiger charge is -2.26. The van der Waals surface area contributed by atoms with E-state index in [0.717, 1.165) is 17.7 Å². The van der Waals surface area contributed by atoms with Gasteiger partial charge in [0.1, 0.15) is 5.75 Å². The van der Waals surface area contributed by atoms with Crippen molar-refractivity contribution < 1.29 is 22.7 Å². The van der Waals surface area contributed by atoms with Gasteiger partial charge in [-0.2, -0.15) is 4.31 Å². The number of carbonyl (C=O) groups excluding carboxylic acids is 1. The second kappa shape index (κ2) is 10.6. The van der Waals surface area contributed by atoms with Crippen LogP contribution in [-0.2, 0) is 26.0 Å². The van der Waals surface area contributed by atoms with Crippen molar-refractivity contribution in [2.45, 2.75) is 31.1 Å². The lowest BCUT2D eigenvalue weighted by Crippen LogP contribution is -2.40. The summed E-state index contributed by atoms with van der Waals surface area (Å²) in [6, 6.07) is 14.1. The zero-order valence-electron chi connectivity index (χ0n) is 17.2. The number of hydrogen-bond acceptors (Lipinski definition) is 5. The van der Waals surface area contributed by atoms with Gasteiger partial charge in [-0.3, -0.25) is 4.79 Å². The highest BCUT2D eigenvalue weighted by Gasteiger charge is 2.26. The topological polar surface area (TPSA) is 84.9 Å². The van der Waals surface area contributed by atoms with Crippen LogP contribution in [-0.4, -0.2) is 51.5 Å². The fourth-order valence-corrected chi connectivity index (χ4v) is 4.54.